The van der Waals surface area contributed by atoms with Crippen LogP contribution in [0.1, 0.15) is 5.56 Å². The molecule has 0 unspecified atom stereocenters. The van der Waals surface area contributed by atoms with Gasteiger partial charge in [0, 0.05) is 18.1 Å². The second-order valence-corrected chi connectivity index (χ2v) is 6.09. The van der Waals surface area contributed by atoms with Crippen molar-refractivity contribution >= 4 is 28.3 Å². The molecule has 0 aliphatic heterocycles. The minimum absolute atomic E-state index is 0.0786. The maximum absolute atomic E-state index is 13.7. The van der Waals surface area contributed by atoms with E-state index in [9.17, 15) is 14.0 Å². The molecule has 0 atom stereocenters. The van der Waals surface area contributed by atoms with Crippen molar-refractivity contribution in [2.45, 2.75) is 6.42 Å². The molecule has 132 valence electrons. The van der Waals surface area contributed by atoms with E-state index in [-0.39, 0.29) is 24.8 Å². The van der Waals surface area contributed by atoms with Crippen LogP contribution in [0.25, 0.3) is 10.8 Å². The van der Waals surface area contributed by atoms with Crippen molar-refractivity contribution in [3.63, 3.8) is 0 Å². The van der Waals surface area contributed by atoms with E-state index >= 15 is 0 Å². The van der Waals surface area contributed by atoms with Crippen LogP contribution in [0.3, 0.4) is 0 Å². The Morgan fingerprint density at radius 3 is 2.46 bits per heavy atom. The summed E-state index contributed by atoms with van der Waals surface area (Å²) in [5.41, 5.74) is 1.02. The minimum Gasteiger partial charge on any atom is -0.336 e. The lowest BCUT2D eigenvalue weighted by Gasteiger charge is -2.17. The monoisotopic (exact) mass is 350 g/mol. The zero-order valence-corrected chi connectivity index (χ0v) is 14.4. The number of rotatable bonds is 5. The van der Waals surface area contributed by atoms with E-state index in [1.807, 2.05) is 42.5 Å². The molecule has 5 heteroatoms. The molecule has 4 nitrogen and oxygen atoms in total. The van der Waals surface area contributed by atoms with Crippen molar-refractivity contribution < 1.29 is 14.0 Å². The summed E-state index contributed by atoms with van der Waals surface area (Å²) in [6.45, 7) is -0.101. The Morgan fingerprint density at radius 2 is 1.65 bits per heavy atom. The molecule has 0 aliphatic rings. The predicted molar refractivity (Wildman–Crippen MR) is 100 cm³/mol. The van der Waals surface area contributed by atoms with Gasteiger partial charge in [-0.2, -0.15) is 0 Å². The van der Waals surface area contributed by atoms with Gasteiger partial charge in [-0.3, -0.25) is 9.59 Å². The van der Waals surface area contributed by atoms with Gasteiger partial charge in [-0.1, -0.05) is 54.6 Å². The molecule has 0 aromatic heterocycles. The van der Waals surface area contributed by atoms with Crippen molar-refractivity contribution in [2.24, 2.45) is 0 Å². The molecule has 1 N–H and O–H groups in total. The Hall–Kier alpha value is -3.21. The van der Waals surface area contributed by atoms with Gasteiger partial charge in [-0.05, 0) is 23.1 Å². The van der Waals surface area contributed by atoms with Crippen LogP contribution in [-0.4, -0.2) is 30.3 Å². The number of carbonyl (C=O) groups is 2. The summed E-state index contributed by atoms with van der Waals surface area (Å²) in [5.74, 6) is -1.04. The lowest BCUT2D eigenvalue weighted by Crippen LogP contribution is -2.36. The molecular formula is C21H19FN2O2. The Kier molecular flexibility index (Phi) is 5.27. The van der Waals surface area contributed by atoms with Crippen LogP contribution in [-0.2, 0) is 16.0 Å². The fraction of sp³-hybridized carbons (Fsp3) is 0.143. The van der Waals surface area contributed by atoms with Gasteiger partial charge in [0.15, 0.2) is 0 Å². The molecule has 0 radical (unpaired) electrons. The summed E-state index contributed by atoms with van der Waals surface area (Å²) in [6.07, 6.45) is -0.0786. The SMILES string of the molecule is CN(CC(=O)Nc1cccc2ccccc12)C(=O)Cc1ccccc1F. The number of halogens is 1. The quantitative estimate of drug-likeness (QED) is 0.764. The number of likely N-dealkylation sites (N-methyl/N-ethyl adjacent to an activating group) is 1. The summed E-state index contributed by atoms with van der Waals surface area (Å²) >= 11 is 0. The van der Waals surface area contributed by atoms with Gasteiger partial charge in [0.2, 0.25) is 11.8 Å². The zero-order valence-electron chi connectivity index (χ0n) is 14.4. The van der Waals surface area contributed by atoms with Gasteiger partial charge >= 0.3 is 0 Å². The number of amides is 2. The van der Waals surface area contributed by atoms with Crippen LogP contribution in [0.15, 0.2) is 66.7 Å². The molecule has 26 heavy (non-hydrogen) atoms. The van der Waals surface area contributed by atoms with Crippen molar-refractivity contribution in [1.82, 2.24) is 4.90 Å². The molecule has 3 aromatic rings. The zero-order chi connectivity index (χ0) is 18.5. The van der Waals surface area contributed by atoms with E-state index in [2.05, 4.69) is 5.32 Å². The second-order valence-electron chi connectivity index (χ2n) is 6.09. The lowest BCUT2D eigenvalue weighted by atomic mass is 10.1. The van der Waals surface area contributed by atoms with Crippen LogP contribution in [0.4, 0.5) is 10.1 Å². The highest BCUT2D eigenvalue weighted by atomic mass is 19.1. The first-order valence-corrected chi connectivity index (χ1v) is 8.29. The molecule has 3 rings (SSSR count). The molecule has 0 saturated carbocycles. The third-order valence-electron chi connectivity index (χ3n) is 4.17. The van der Waals surface area contributed by atoms with Gasteiger partial charge in [-0.15, -0.1) is 0 Å². The Bertz CT molecular complexity index is 950. The van der Waals surface area contributed by atoms with E-state index in [4.69, 9.17) is 0 Å². The van der Waals surface area contributed by atoms with Crippen molar-refractivity contribution in [2.75, 3.05) is 18.9 Å². The second kappa shape index (κ2) is 7.78. The molecular weight excluding hydrogens is 331 g/mol. The first-order chi connectivity index (χ1) is 12.5. The van der Waals surface area contributed by atoms with Crippen LogP contribution in [0.2, 0.25) is 0 Å². The smallest absolute Gasteiger partial charge is 0.244 e. The number of nitrogens with zero attached hydrogens (tertiary/aromatic N) is 1. The summed E-state index contributed by atoms with van der Waals surface area (Å²) in [7, 11) is 1.53. The maximum atomic E-state index is 13.7. The first kappa shape index (κ1) is 17.6. The van der Waals surface area contributed by atoms with Crippen LogP contribution in [0, 0.1) is 5.82 Å². The summed E-state index contributed by atoms with van der Waals surface area (Å²) in [6, 6.07) is 19.5. The van der Waals surface area contributed by atoms with Gasteiger partial charge in [0.1, 0.15) is 5.82 Å². The number of hydrogen-bond donors (Lipinski definition) is 1. The van der Waals surface area contributed by atoms with Gasteiger partial charge in [0.05, 0.1) is 13.0 Å². The molecule has 3 aromatic carbocycles. The number of nitrogens with one attached hydrogen (secondary N) is 1. The topological polar surface area (TPSA) is 49.4 Å². The van der Waals surface area contributed by atoms with Crippen molar-refractivity contribution in [3.8, 4) is 0 Å². The summed E-state index contributed by atoms with van der Waals surface area (Å²) in [4.78, 5) is 25.9. The molecule has 0 aliphatic carbocycles. The van der Waals surface area contributed by atoms with Gasteiger partial charge in [-0.25, -0.2) is 4.39 Å². The highest BCUT2D eigenvalue weighted by molar-refractivity contribution is 6.03. The first-order valence-electron chi connectivity index (χ1n) is 8.29. The fourth-order valence-corrected chi connectivity index (χ4v) is 2.77. The van der Waals surface area contributed by atoms with E-state index in [0.29, 0.717) is 11.3 Å². The number of anilines is 1. The highest BCUT2D eigenvalue weighted by Crippen LogP contribution is 2.22. The average molecular weight is 350 g/mol. The van der Waals surface area contributed by atoms with Crippen LogP contribution >= 0.6 is 0 Å². The largest absolute Gasteiger partial charge is 0.336 e. The van der Waals surface area contributed by atoms with E-state index < -0.39 is 5.82 Å². The molecule has 0 saturated heterocycles. The third kappa shape index (κ3) is 4.06. The molecule has 0 bridgehead atoms. The Balaban J connectivity index is 1.64. The van der Waals surface area contributed by atoms with Crippen LogP contribution in [0.5, 0.6) is 0 Å². The fourth-order valence-electron chi connectivity index (χ4n) is 2.77. The standard InChI is InChI=1S/C21H19FN2O2/c1-24(21(26)13-16-8-3-5-11-18(16)22)14-20(25)23-19-12-6-9-15-7-2-4-10-17(15)19/h2-12H,13-14H2,1H3,(H,23,25). The molecule has 0 fully saturated rings. The molecule has 0 spiro atoms. The van der Waals surface area contributed by atoms with Crippen molar-refractivity contribution in [1.29, 1.82) is 0 Å². The maximum Gasteiger partial charge on any atom is 0.244 e. The average Bonchev–Trinajstić information content (AvgIpc) is 2.64. The minimum atomic E-state index is -0.422. The Morgan fingerprint density at radius 1 is 0.962 bits per heavy atom. The summed E-state index contributed by atoms with van der Waals surface area (Å²) in [5, 5.41) is 4.80. The number of benzene rings is 3. The predicted octanol–water partition coefficient (Wildman–Crippen LogP) is 3.62. The molecule has 0 heterocycles. The third-order valence-corrected chi connectivity index (χ3v) is 4.17. The lowest BCUT2D eigenvalue weighted by molar-refractivity contribution is -0.132. The van der Waals surface area contributed by atoms with E-state index in [0.717, 1.165) is 10.8 Å². The number of fused-ring (bicyclic) bond motifs is 1. The number of hydrogen-bond acceptors (Lipinski definition) is 2. The van der Waals surface area contributed by atoms with Crippen molar-refractivity contribution in [3.05, 3.63) is 78.1 Å². The van der Waals surface area contributed by atoms with Crippen LogP contribution < -0.4 is 5.32 Å². The Labute approximate surface area is 151 Å². The van der Waals surface area contributed by atoms with Gasteiger partial charge in [0.25, 0.3) is 0 Å². The van der Waals surface area contributed by atoms with E-state index in [1.54, 1.807) is 18.2 Å². The highest BCUT2D eigenvalue weighted by Gasteiger charge is 2.15. The van der Waals surface area contributed by atoms with Gasteiger partial charge < -0.3 is 10.2 Å². The normalized spacial score (nSPS) is 10.5. The summed E-state index contributed by atoms with van der Waals surface area (Å²) < 4.78 is 13.7. The van der Waals surface area contributed by atoms with E-state index in [1.165, 1.54) is 18.0 Å². The number of carbonyl (C=O) groups excluding carboxylic acids is 2. The molecule has 2 amide bonds.